The van der Waals surface area contributed by atoms with E-state index in [0.29, 0.717) is 15.7 Å². The number of nitrogens with two attached hydrogens (primary N) is 1. The fourth-order valence-electron chi connectivity index (χ4n) is 1.84. The van der Waals surface area contributed by atoms with Gasteiger partial charge < -0.3 is 5.43 Å². The molecular weight excluding hydrogens is 334 g/mol. The van der Waals surface area contributed by atoms with Crippen LogP contribution in [0.3, 0.4) is 0 Å². The van der Waals surface area contributed by atoms with Gasteiger partial charge in [0, 0.05) is 22.3 Å². The number of anilines is 2. The van der Waals surface area contributed by atoms with Gasteiger partial charge in [-0.3, -0.25) is 9.12 Å². The third-order valence-electron chi connectivity index (χ3n) is 2.71. The molecule has 1 aromatic carbocycles. The van der Waals surface area contributed by atoms with Gasteiger partial charge in [0.15, 0.2) is 10.8 Å². The molecule has 21 heavy (non-hydrogen) atoms. The molecule has 0 amide bonds. The molecule has 0 saturated carbocycles. The minimum Gasteiger partial charge on any atom is -0.306 e. The number of sulfonamides is 1. The molecule has 2 aromatic heterocycles. The van der Waals surface area contributed by atoms with Crippen LogP contribution in [0, 0.1) is 0 Å². The highest BCUT2D eigenvalue weighted by molar-refractivity contribution is 7.92. The van der Waals surface area contributed by atoms with E-state index in [1.807, 2.05) is 0 Å². The van der Waals surface area contributed by atoms with Crippen LogP contribution in [-0.4, -0.2) is 17.8 Å². The summed E-state index contributed by atoms with van der Waals surface area (Å²) in [6, 6.07) is 6.33. The number of hydrogen-bond acceptors (Lipinski definition) is 6. The third kappa shape index (κ3) is 2.56. The van der Waals surface area contributed by atoms with Crippen molar-refractivity contribution in [1.29, 1.82) is 0 Å². The van der Waals surface area contributed by atoms with Crippen molar-refractivity contribution in [2.45, 2.75) is 5.03 Å². The van der Waals surface area contributed by atoms with Gasteiger partial charge in [-0.05, 0) is 24.3 Å². The Balaban J connectivity index is 2.07. The Morgan fingerprint density at radius 2 is 2.00 bits per heavy atom. The topological polar surface area (TPSA) is 102 Å². The van der Waals surface area contributed by atoms with Crippen molar-refractivity contribution in [2.24, 2.45) is 5.84 Å². The van der Waals surface area contributed by atoms with E-state index < -0.39 is 10.0 Å². The summed E-state index contributed by atoms with van der Waals surface area (Å²) < 4.78 is 29.0. The molecule has 0 aliphatic heterocycles. The smallest absolute Gasteiger partial charge is 0.281 e. The molecule has 0 saturated heterocycles. The van der Waals surface area contributed by atoms with Gasteiger partial charge in [-0.15, -0.1) is 11.3 Å². The van der Waals surface area contributed by atoms with E-state index in [1.165, 1.54) is 15.7 Å². The van der Waals surface area contributed by atoms with E-state index >= 15 is 0 Å². The van der Waals surface area contributed by atoms with Crippen LogP contribution in [0.4, 0.5) is 11.5 Å². The molecule has 0 aliphatic rings. The molecule has 0 radical (unpaired) electrons. The molecule has 2 heterocycles. The van der Waals surface area contributed by atoms with Crippen LogP contribution in [0.15, 0.2) is 40.9 Å². The van der Waals surface area contributed by atoms with E-state index in [1.54, 1.807) is 35.8 Å². The lowest BCUT2D eigenvalue weighted by molar-refractivity contribution is 0.597. The van der Waals surface area contributed by atoms with Gasteiger partial charge in [0.1, 0.15) is 0 Å². The quantitative estimate of drug-likeness (QED) is 0.497. The zero-order valence-corrected chi connectivity index (χ0v) is 12.8. The zero-order chi connectivity index (χ0) is 15.0. The number of nitrogens with zero attached hydrogens (tertiary/aromatic N) is 2. The summed E-state index contributed by atoms with van der Waals surface area (Å²) in [7, 11) is -3.85. The zero-order valence-electron chi connectivity index (χ0n) is 10.4. The van der Waals surface area contributed by atoms with Crippen LogP contribution in [0.1, 0.15) is 0 Å². The average molecular weight is 344 g/mol. The number of fused-ring (bicyclic) bond motifs is 1. The second kappa shape index (κ2) is 5.19. The highest BCUT2D eigenvalue weighted by atomic mass is 35.5. The second-order valence-electron chi connectivity index (χ2n) is 4.08. The first-order valence-electron chi connectivity index (χ1n) is 5.72. The highest BCUT2D eigenvalue weighted by Gasteiger charge is 2.25. The summed E-state index contributed by atoms with van der Waals surface area (Å²) >= 11 is 7.09. The molecule has 10 heteroatoms. The van der Waals surface area contributed by atoms with Crippen LogP contribution in [0.2, 0.25) is 5.02 Å². The summed E-state index contributed by atoms with van der Waals surface area (Å²) in [6.07, 6.45) is 1.62. The number of aromatic nitrogens is 2. The summed E-state index contributed by atoms with van der Waals surface area (Å²) in [5.74, 6) is 5.44. The summed E-state index contributed by atoms with van der Waals surface area (Å²) in [5.41, 5.74) is 2.70. The standard InChI is InChI=1S/C11H10ClN5O2S2/c12-7-1-3-8(4-2-7)16-21(18,19)10-9(15-13)14-11-17(10)5-6-20-11/h1-6,15-16H,13H2. The summed E-state index contributed by atoms with van der Waals surface area (Å²) in [4.78, 5) is 4.65. The molecule has 3 rings (SSSR count). The molecule has 7 nitrogen and oxygen atoms in total. The monoisotopic (exact) mass is 343 g/mol. The van der Waals surface area contributed by atoms with Crippen molar-refractivity contribution < 1.29 is 8.42 Å². The van der Waals surface area contributed by atoms with E-state index in [9.17, 15) is 8.42 Å². The number of thiazole rings is 1. The SMILES string of the molecule is NNc1nc2sccn2c1S(=O)(=O)Nc1ccc(Cl)cc1. The van der Waals surface area contributed by atoms with E-state index in [0.717, 1.165) is 0 Å². The Kier molecular flexibility index (Phi) is 3.49. The van der Waals surface area contributed by atoms with Crippen molar-refractivity contribution in [2.75, 3.05) is 10.1 Å². The van der Waals surface area contributed by atoms with Crippen molar-refractivity contribution in [1.82, 2.24) is 9.38 Å². The van der Waals surface area contributed by atoms with Gasteiger partial charge in [0.05, 0.1) is 0 Å². The van der Waals surface area contributed by atoms with Gasteiger partial charge in [0.25, 0.3) is 10.0 Å². The van der Waals surface area contributed by atoms with Crippen LogP contribution in [-0.2, 0) is 10.0 Å². The van der Waals surface area contributed by atoms with Crippen LogP contribution in [0.25, 0.3) is 4.96 Å². The molecule has 0 fully saturated rings. The number of hydrazine groups is 1. The van der Waals surface area contributed by atoms with Crippen molar-refractivity contribution in [3.63, 3.8) is 0 Å². The molecule has 110 valence electrons. The first-order chi connectivity index (χ1) is 10.0. The summed E-state index contributed by atoms with van der Waals surface area (Å²) in [6.45, 7) is 0. The lowest BCUT2D eigenvalue weighted by Crippen LogP contribution is -2.18. The summed E-state index contributed by atoms with van der Waals surface area (Å²) in [5, 5.41) is 2.22. The van der Waals surface area contributed by atoms with Gasteiger partial charge in [-0.1, -0.05) is 11.6 Å². The second-order valence-corrected chi connectivity index (χ2v) is 6.99. The Morgan fingerprint density at radius 1 is 1.29 bits per heavy atom. The minimum atomic E-state index is -3.85. The number of rotatable bonds is 4. The highest BCUT2D eigenvalue weighted by Crippen LogP contribution is 2.27. The number of benzene rings is 1. The predicted molar refractivity (Wildman–Crippen MR) is 83.1 cm³/mol. The fourth-order valence-corrected chi connectivity index (χ4v) is 4.04. The predicted octanol–water partition coefficient (Wildman–Crippen LogP) is 2.14. The van der Waals surface area contributed by atoms with Crippen LogP contribution in [0.5, 0.6) is 0 Å². The first kappa shape index (κ1) is 14.1. The maximum absolute atomic E-state index is 12.5. The fraction of sp³-hybridized carbons (Fsp3) is 0. The average Bonchev–Trinajstić information content (AvgIpc) is 3.00. The third-order valence-corrected chi connectivity index (χ3v) is 5.12. The van der Waals surface area contributed by atoms with E-state index in [4.69, 9.17) is 17.4 Å². The number of nitrogen functional groups attached to an aromatic ring is 1. The number of imidazole rings is 1. The van der Waals surface area contributed by atoms with Gasteiger partial charge in [-0.25, -0.2) is 5.84 Å². The molecule has 4 N–H and O–H groups in total. The molecule has 3 aromatic rings. The normalized spacial score (nSPS) is 11.7. The molecule has 0 bridgehead atoms. The molecular formula is C11H10ClN5O2S2. The van der Waals surface area contributed by atoms with Gasteiger partial charge in [-0.2, -0.15) is 13.4 Å². The molecule has 0 aliphatic carbocycles. The van der Waals surface area contributed by atoms with Gasteiger partial charge >= 0.3 is 0 Å². The molecule has 0 spiro atoms. The van der Waals surface area contributed by atoms with Crippen molar-refractivity contribution in [3.8, 4) is 0 Å². The van der Waals surface area contributed by atoms with Crippen molar-refractivity contribution >= 4 is 49.4 Å². The van der Waals surface area contributed by atoms with Crippen LogP contribution >= 0.6 is 22.9 Å². The van der Waals surface area contributed by atoms with Crippen molar-refractivity contribution in [3.05, 3.63) is 40.9 Å². The van der Waals surface area contributed by atoms with Gasteiger partial charge in [0.2, 0.25) is 5.03 Å². The number of hydrogen-bond donors (Lipinski definition) is 3. The Labute approximate surface area is 129 Å². The lowest BCUT2D eigenvalue weighted by atomic mass is 10.3. The van der Waals surface area contributed by atoms with E-state index in [2.05, 4.69) is 15.1 Å². The Hall–Kier alpha value is -1.81. The number of halogens is 1. The number of nitrogens with one attached hydrogen (secondary N) is 2. The maximum Gasteiger partial charge on any atom is 0.281 e. The minimum absolute atomic E-state index is 0.0452. The Morgan fingerprint density at radius 3 is 2.67 bits per heavy atom. The van der Waals surface area contributed by atoms with Crippen LogP contribution < -0.4 is 16.0 Å². The first-order valence-corrected chi connectivity index (χ1v) is 8.46. The maximum atomic E-state index is 12.5. The molecule has 0 atom stereocenters. The molecule has 0 unspecified atom stereocenters. The Bertz CT molecular complexity index is 885. The van der Waals surface area contributed by atoms with E-state index in [-0.39, 0.29) is 10.8 Å². The largest absolute Gasteiger partial charge is 0.306 e. The lowest BCUT2D eigenvalue weighted by Gasteiger charge is -2.08.